The van der Waals surface area contributed by atoms with Crippen LogP contribution in [0, 0.1) is 11.3 Å². The van der Waals surface area contributed by atoms with E-state index >= 15 is 0 Å². The van der Waals surface area contributed by atoms with Gasteiger partial charge >= 0.3 is 0 Å². The maximum absolute atomic E-state index is 9.73. The SMILES string of the molecule is CCCc1[nH+]c(NCCC[NH+]2CCOCC2)c(C#N)c2c1CCCC2. The van der Waals surface area contributed by atoms with Crippen molar-refractivity contribution in [2.24, 2.45) is 0 Å². The number of fused-ring (bicyclic) bond motifs is 1. The third-order valence-corrected chi connectivity index (χ3v) is 5.48. The van der Waals surface area contributed by atoms with Gasteiger partial charge in [0.2, 0.25) is 0 Å². The molecule has 136 valence electrons. The monoisotopic (exact) mass is 344 g/mol. The third-order valence-electron chi connectivity index (χ3n) is 5.48. The minimum Gasteiger partial charge on any atom is -0.370 e. The number of anilines is 1. The van der Waals surface area contributed by atoms with E-state index in [1.165, 1.54) is 36.2 Å². The normalized spacial score (nSPS) is 17.8. The third kappa shape index (κ3) is 4.50. The van der Waals surface area contributed by atoms with Gasteiger partial charge < -0.3 is 9.64 Å². The summed E-state index contributed by atoms with van der Waals surface area (Å²) in [5.74, 6) is 0.948. The second kappa shape index (κ2) is 9.17. The number of ether oxygens (including phenoxy) is 1. The molecule has 5 heteroatoms. The van der Waals surface area contributed by atoms with Gasteiger partial charge in [-0.3, -0.25) is 5.32 Å². The molecule has 1 aliphatic heterocycles. The van der Waals surface area contributed by atoms with E-state index in [0.29, 0.717) is 0 Å². The van der Waals surface area contributed by atoms with Gasteiger partial charge in [0, 0.05) is 12.8 Å². The smallest absolute Gasteiger partial charge is 0.290 e. The van der Waals surface area contributed by atoms with Gasteiger partial charge in [-0.15, -0.1) is 0 Å². The van der Waals surface area contributed by atoms with Crippen LogP contribution in [0.5, 0.6) is 0 Å². The molecular weight excluding hydrogens is 312 g/mol. The minimum atomic E-state index is 0.855. The predicted octanol–water partition coefficient (Wildman–Crippen LogP) is 0.921. The van der Waals surface area contributed by atoms with Crippen molar-refractivity contribution < 1.29 is 14.6 Å². The topological polar surface area (TPSA) is 63.6 Å². The summed E-state index contributed by atoms with van der Waals surface area (Å²) in [6.45, 7) is 8.33. The number of morpholine rings is 1. The van der Waals surface area contributed by atoms with Gasteiger partial charge in [0.25, 0.3) is 5.82 Å². The fourth-order valence-corrected chi connectivity index (χ4v) is 4.14. The number of H-pyrrole nitrogens is 1. The molecule has 1 aromatic heterocycles. The highest BCUT2D eigenvalue weighted by Gasteiger charge is 2.25. The molecule has 0 bridgehead atoms. The summed E-state index contributed by atoms with van der Waals surface area (Å²) < 4.78 is 5.42. The van der Waals surface area contributed by atoms with Gasteiger partial charge in [-0.25, -0.2) is 4.98 Å². The molecule has 2 aliphatic rings. The van der Waals surface area contributed by atoms with Crippen LogP contribution in [0.1, 0.15) is 55.0 Å². The number of hydrogen-bond donors (Lipinski definition) is 2. The molecular formula is C20H32N4O+2. The van der Waals surface area contributed by atoms with E-state index in [1.807, 2.05) is 0 Å². The summed E-state index contributed by atoms with van der Waals surface area (Å²) in [5.41, 5.74) is 4.93. The van der Waals surface area contributed by atoms with Crippen LogP contribution in [0.4, 0.5) is 5.82 Å². The van der Waals surface area contributed by atoms with E-state index in [2.05, 4.69) is 23.3 Å². The van der Waals surface area contributed by atoms with Crippen molar-refractivity contribution in [2.45, 2.75) is 51.9 Å². The van der Waals surface area contributed by atoms with Crippen LogP contribution < -0.4 is 15.2 Å². The first kappa shape index (κ1) is 18.2. The molecule has 0 aromatic carbocycles. The summed E-state index contributed by atoms with van der Waals surface area (Å²) in [4.78, 5) is 5.20. The van der Waals surface area contributed by atoms with Crippen molar-refractivity contribution in [1.82, 2.24) is 0 Å². The van der Waals surface area contributed by atoms with Crippen LogP contribution in [0.15, 0.2) is 0 Å². The molecule has 0 spiro atoms. The molecule has 1 aromatic rings. The number of nitrogens with one attached hydrogen (secondary N) is 3. The number of quaternary nitrogens is 1. The van der Waals surface area contributed by atoms with Gasteiger partial charge in [0.1, 0.15) is 30.4 Å². The Balaban J connectivity index is 1.67. The van der Waals surface area contributed by atoms with Gasteiger partial charge in [-0.05, 0) is 43.2 Å². The summed E-state index contributed by atoms with van der Waals surface area (Å²) in [6, 6.07) is 2.47. The lowest BCUT2D eigenvalue weighted by molar-refractivity contribution is -0.908. The highest BCUT2D eigenvalue weighted by Crippen LogP contribution is 2.28. The molecule has 0 unspecified atom stereocenters. The number of pyridine rings is 1. The standard InChI is InChI=1S/C20H30N4O/c1-2-6-19-17-8-4-3-7-16(17)18(15-21)20(23-19)22-9-5-10-24-11-13-25-14-12-24/h2-14H2,1H3,(H,22,23)/p+2. The van der Waals surface area contributed by atoms with Crippen molar-refractivity contribution in [3.8, 4) is 6.07 Å². The van der Waals surface area contributed by atoms with Gasteiger partial charge in [0.15, 0.2) is 0 Å². The van der Waals surface area contributed by atoms with E-state index in [1.54, 1.807) is 4.90 Å². The van der Waals surface area contributed by atoms with E-state index in [0.717, 1.165) is 76.3 Å². The molecule has 0 amide bonds. The van der Waals surface area contributed by atoms with Crippen LogP contribution in [0.25, 0.3) is 0 Å². The van der Waals surface area contributed by atoms with Crippen molar-refractivity contribution in [3.05, 3.63) is 22.4 Å². The highest BCUT2D eigenvalue weighted by molar-refractivity contribution is 5.56. The second-order valence-corrected chi connectivity index (χ2v) is 7.27. The van der Waals surface area contributed by atoms with Gasteiger partial charge in [0.05, 0.1) is 26.3 Å². The Morgan fingerprint density at radius 3 is 2.68 bits per heavy atom. The second-order valence-electron chi connectivity index (χ2n) is 7.27. The van der Waals surface area contributed by atoms with Crippen LogP contribution in [-0.2, 0) is 24.0 Å². The van der Waals surface area contributed by atoms with Crippen molar-refractivity contribution in [2.75, 3.05) is 44.7 Å². The zero-order chi connectivity index (χ0) is 17.5. The fourth-order valence-electron chi connectivity index (χ4n) is 4.14. The van der Waals surface area contributed by atoms with Crippen molar-refractivity contribution in [3.63, 3.8) is 0 Å². The number of aromatic nitrogens is 1. The summed E-state index contributed by atoms with van der Waals surface area (Å²) >= 11 is 0. The molecule has 1 aliphatic carbocycles. The number of nitrogens with zero attached hydrogens (tertiary/aromatic N) is 1. The van der Waals surface area contributed by atoms with Gasteiger partial charge in [-0.1, -0.05) is 6.92 Å². The average molecular weight is 345 g/mol. The van der Waals surface area contributed by atoms with Crippen LogP contribution >= 0.6 is 0 Å². The van der Waals surface area contributed by atoms with Gasteiger partial charge in [-0.2, -0.15) is 5.26 Å². The summed E-state index contributed by atoms with van der Waals surface area (Å²) in [7, 11) is 0. The lowest BCUT2D eigenvalue weighted by Crippen LogP contribution is -3.14. The molecule has 1 fully saturated rings. The lowest BCUT2D eigenvalue weighted by atomic mass is 9.87. The maximum Gasteiger partial charge on any atom is 0.290 e. The van der Waals surface area contributed by atoms with Crippen molar-refractivity contribution >= 4 is 5.82 Å². The molecule has 1 saturated heterocycles. The lowest BCUT2D eigenvalue weighted by Gasteiger charge is -2.23. The van der Waals surface area contributed by atoms with Crippen LogP contribution in [-0.4, -0.2) is 39.4 Å². The molecule has 0 radical (unpaired) electrons. The Bertz CT molecular complexity index is 617. The van der Waals surface area contributed by atoms with Crippen LogP contribution in [0.3, 0.4) is 0 Å². The number of aromatic amines is 1. The Labute approximate surface area is 151 Å². The molecule has 0 atom stereocenters. The zero-order valence-electron chi connectivity index (χ0n) is 15.5. The molecule has 0 saturated carbocycles. The molecule has 2 heterocycles. The van der Waals surface area contributed by atoms with Crippen molar-refractivity contribution in [1.29, 1.82) is 5.26 Å². The number of rotatable bonds is 7. The Hall–Kier alpha value is -1.64. The fraction of sp³-hybridized carbons (Fsp3) is 0.700. The van der Waals surface area contributed by atoms with Crippen LogP contribution in [0.2, 0.25) is 0 Å². The molecule has 25 heavy (non-hydrogen) atoms. The molecule has 5 nitrogen and oxygen atoms in total. The van der Waals surface area contributed by atoms with E-state index in [-0.39, 0.29) is 0 Å². The first-order valence-corrected chi connectivity index (χ1v) is 9.98. The quantitative estimate of drug-likeness (QED) is 0.723. The zero-order valence-corrected chi connectivity index (χ0v) is 15.5. The number of nitriles is 1. The maximum atomic E-state index is 9.73. The predicted molar refractivity (Wildman–Crippen MR) is 97.8 cm³/mol. The first-order chi connectivity index (χ1) is 12.3. The number of aryl methyl sites for hydroxylation is 1. The van der Waals surface area contributed by atoms with E-state index in [4.69, 9.17) is 4.74 Å². The largest absolute Gasteiger partial charge is 0.370 e. The Morgan fingerprint density at radius 1 is 1.20 bits per heavy atom. The molecule has 3 rings (SSSR count). The average Bonchev–Trinajstić information content (AvgIpc) is 2.66. The Morgan fingerprint density at radius 2 is 1.96 bits per heavy atom. The van der Waals surface area contributed by atoms with E-state index in [9.17, 15) is 5.26 Å². The first-order valence-electron chi connectivity index (χ1n) is 9.98. The Kier molecular flexibility index (Phi) is 6.66. The number of hydrogen-bond acceptors (Lipinski definition) is 3. The highest BCUT2D eigenvalue weighted by atomic mass is 16.5. The summed E-state index contributed by atoms with van der Waals surface area (Å²) in [5, 5.41) is 13.3. The van der Waals surface area contributed by atoms with E-state index < -0.39 is 0 Å². The minimum absolute atomic E-state index is 0.855. The molecule has 3 N–H and O–H groups in total. The summed E-state index contributed by atoms with van der Waals surface area (Å²) in [6.07, 6.45) is 7.95.